The highest BCUT2D eigenvalue weighted by Crippen LogP contribution is 2.29. The third-order valence-corrected chi connectivity index (χ3v) is 4.13. The minimum Gasteiger partial charge on any atom is -0.465 e. The highest BCUT2D eigenvalue weighted by atomic mass is 79.9. The van der Waals surface area contributed by atoms with Gasteiger partial charge in [-0.1, -0.05) is 20.8 Å². The molecule has 6 heteroatoms. The van der Waals surface area contributed by atoms with Crippen molar-refractivity contribution in [3.63, 3.8) is 0 Å². The molecular weight excluding hydrogens is 322 g/mol. The second kappa shape index (κ2) is 5.60. The summed E-state index contributed by atoms with van der Waals surface area (Å²) in [6, 6.07) is 3.87. The molecule has 0 saturated carbocycles. The van der Waals surface area contributed by atoms with Crippen molar-refractivity contribution in [2.24, 2.45) is 5.41 Å². The maximum absolute atomic E-state index is 11.4. The second-order valence-corrected chi connectivity index (χ2v) is 7.05. The number of piperazine rings is 1. The molecule has 1 aromatic rings. The lowest BCUT2D eigenvalue weighted by molar-refractivity contribution is 0.0747. The largest absolute Gasteiger partial charge is 0.465 e. The standard InChI is InChI=1S/C14H20BrN3O2/c1-14(2,3)11-9-17(6-7-18(11)13(19)20)12-5-4-10(15)8-16-12/h4-5,8,11H,6-7,9H2,1-3H3,(H,19,20). The number of carbonyl (C=O) groups is 1. The number of aromatic nitrogens is 1. The molecule has 1 unspecified atom stereocenters. The van der Waals surface area contributed by atoms with E-state index >= 15 is 0 Å². The Balaban J connectivity index is 2.20. The van der Waals surface area contributed by atoms with Crippen molar-refractivity contribution in [1.29, 1.82) is 0 Å². The van der Waals surface area contributed by atoms with E-state index in [0.717, 1.165) is 10.3 Å². The molecule has 5 nitrogen and oxygen atoms in total. The van der Waals surface area contributed by atoms with Crippen LogP contribution in [0.25, 0.3) is 0 Å². The summed E-state index contributed by atoms with van der Waals surface area (Å²) in [5, 5.41) is 9.35. The first-order valence-electron chi connectivity index (χ1n) is 6.65. The molecule has 0 radical (unpaired) electrons. The third kappa shape index (κ3) is 3.23. The average Bonchev–Trinajstić information content (AvgIpc) is 2.38. The number of amides is 1. The van der Waals surface area contributed by atoms with Gasteiger partial charge in [0.15, 0.2) is 0 Å². The van der Waals surface area contributed by atoms with Gasteiger partial charge in [0.2, 0.25) is 0 Å². The maximum Gasteiger partial charge on any atom is 0.407 e. The minimum absolute atomic E-state index is 0.0424. The van der Waals surface area contributed by atoms with Crippen LogP contribution in [-0.2, 0) is 0 Å². The number of rotatable bonds is 1. The molecule has 20 heavy (non-hydrogen) atoms. The van der Waals surface area contributed by atoms with E-state index in [1.54, 1.807) is 11.1 Å². The fourth-order valence-electron chi connectivity index (χ4n) is 2.52. The predicted octanol–water partition coefficient (Wildman–Crippen LogP) is 3.06. The zero-order valence-corrected chi connectivity index (χ0v) is 13.6. The molecule has 1 N–H and O–H groups in total. The van der Waals surface area contributed by atoms with Gasteiger partial charge in [-0.25, -0.2) is 9.78 Å². The van der Waals surface area contributed by atoms with Crippen LogP contribution in [-0.4, -0.2) is 46.8 Å². The van der Waals surface area contributed by atoms with Gasteiger partial charge in [0.25, 0.3) is 0 Å². The fourth-order valence-corrected chi connectivity index (χ4v) is 2.75. The summed E-state index contributed by atoms with van der Waals surface area (Å²) in [6.45, 7) is 8.08. The highest BCUT2D eigenvalue weighted by Gasteiger charge is 2.38. The number of hydrogen-bond donors (Lipinski definition) is 1. The highest BCUT2D eigenvalue weighted by molar-refractivity contribution is 9.10. The fraction of sp³-hybridized carbons (Fsp3) is 0.571. The van der Waals surface area contributed by atoms with E-state index in [4.69, 9.17) is 0 Å². The van der Waals surface area contributed by atoms with Gasteiger partial charge in [-0.15, -0.1) is 0 Å². The molecule has 0 spiro atoms. The first-order valence-corrected chi connectivity index (χ1v) is 7.44. The van der Waals surface area contributed by atoms with E-state index in [0.29, 0.717) is 19.6 Å². The van der Waals surface area contributed by atoms with Crippen molar-refractivity contribution >= 4 is 27.8 Å². The normalized spacial score (nSPS) is 20.1. The van der Waals surface area contributed by atoms with Crippen LogP contribution >= 0.6 is 15.9 Å². The quantitative estimate of drug-likeness (QED) is 0.852. The number of hydrogen-bond acceptors (Lipinski definition) is 3. The van der Waals surface area contributed by atoms with Crippen molar-refractivity contribution < 1.29 is 9.90 Å². The van der Waals surface area contributed by atoms with E-state index in [1.807, 2.05) is 12.1 Å². The molecule has 110 valence electrons. The van der Waals surface area contributed by atoms with Gasteiger partial charge in [0.1, 0.15) is 5.82 Å². The van der Waals surface area contributed by atoms with Gasteiger partial charge < -0.3 is 14.9 Å². The van der Waals surface area contributed by atoms with Gasteiger partial charge in [-0.05, 0) is 33.5 Å². The van der Waals surface area contributed by atoms with E-state index < -0.39 is 6.09 Å². The van der Waals surface area contributed by atoms with Crippen molar-refractivity contribution in [3.8, 4) is 0 Å². The molecule has 1 fully saturated rings. The smallest absolute Gasteiger partial charge is 0.407 e. The predicted molar refractivity (Wildman–Crippen MR) is 82.1 cm³/mol. The molecule has 1 atom stereocenters. The summed E-state index contributed by atoms with van der Waals surface area (Å²) in [6.07, 6.45) is 0.929. The molecule has 0 aliphatic carbocycles. The zero-order valence-electron chi connectivity index (χ0n) is 12.0. The SMILES string of the molecule is CC(C)(C)C1CN(c2ccc(Br)cn2)CCN1C(=O)O. The van der Waals surface area contributed by atoms with Crippen molar-refractivity contribution in [1.82, 2.24) is 9.88 Å². The molecule has 2 heterocycles. The molecule has 0 aromatic carbocycles. The third-order valence-electron chi connectivity index (χ3n) is 3.66. The molecule has 1 aliphatic heterocycles. The lowest BCUT2D eigenvalue weighted by atomic mass is 9.84. The van der Waals surface area contributed by atoms with E-state index in [-0.39, 0.29) is 11.5 Å². The molecule has 1 saturated heterocycles. The molecule has 1 amide bonds. The number of halogens is 1. The maximum atomic E-state index is 11.4. The Morgan fingerprint density at radius 3 is 2.60 bits per heavy atom. The lowest BCUT2D eigenvalue weighted by Crippen LogP contribution is -2.59. The van der Waals surface area contributed by atoms with Gasteiger partial charge in [-0.2, -0.15) is 0 Å². The number of nitrogens with zero attached hydrogens (tertiary/aromatic N) is 3. The van der Waals surface area contributed by atoms with Crippen molar-refractivity contribution in [2.75, 3.05) is 24.5 Å². The van der Waals surface area contributed by atoms with Crippen LogP contribution in [0.4, 0.5) is 10.6 Å². The molecule has 0 bridgehead atoms. The van der Waals surface area contributed by atoms with Gasteiger partial charge >= 0.3 is 6.09 Å². The van der Waals surface area contributed by atoms with E-state index in [9.17, 15) is 9.90 Å². The van der Waals surface area contributed by atoms with Gasteiger partial charge in [0.05, 0.1) is 6.04 Å². The Morgan fingerprint density at radius 1 is 1.40 bits per heavy atom. The summed E-state index contributed by atoms with van der Waals surface area (Å²) in [4.78, 5) is 19.5. The van der Waals surface area contributed by atoms with Crippen molar-refractivity contribution in [2.45, 2.75) is 26.8 Å². The number of anilines is 1. The topological polar surface area (TPSA) is 56.7 Å². The summed E-state index contributed by atoms with van der Waals surface area (Å²) in [7, 11) is 0. The Labute approximate surface area is 127 Å². The van der Waals surface area contributed by atoms with Crippen LogP contribution in [0.15, 0.2) is 22.8 Å². The molecule has 2 rings (SSSR count). The van der Waals surface area contributed by atoms with Crippen LogP contribution in [0.5, 0.6) is 0 Å². The van der Waals surface area contributed by atoms with Crippen LogP contribution < -0.4 is 4.90 Å². The summed E-state index contributed by atoms with van der Waals surface area (Å²) in [5.41, 5.74) is -0.105. The van der Waals surface area contributed by atoms with E-state index in [1.165, 1.54) is 0 Å². The molecular formula is C14H20BrN3O2. The Kier molecular flexibility index (Phi) is 4.22. The zero-order chi connectivity index (χ0) is 14.9. The monoisotopic (exact) mass is 341 g/mol. The van der Waals surface area contributed by atoms with Gasteiger partial charge in [0, 0.05) is 30.3 Å². The Morgan fingerprint density at radius 2 is 2.10 bits per heavy atom. The van der Waals surface area contributed by atoms with Crippen LogP contribution in [0, 0.1) is 5.41 Å². The summed E-state index contributed by atoms with van der Waals surface area (Å²) >= 11 is 3.37. The lowest BCUT2D eigenvalue weighted by Gasteiger charge is -2.46. The number of carboxylic acid groups (broad SMARTS) is 1. The van der Waals surface area contributed by atoms with Gasteiger partial charge in [-0.3, -0.25) is 0 Å². The molecule has 1 aromatic heterocycles. The summed E-state index contributed by atoms with van der Waals surface area (Å²) in [5.74, 6) is 0.896. The van der Waals surface area contributed by atoms with Crippen LogP contribution in [0.1, 0.15) is 20.8 Å². The first-order chi connectivity index (χ1) is 9.29. The second-order valence-electron chi connectivity index (χ2n) is 6.14. The summed E-state index contributed by atoms with van der Waals surface area (Å²) < 4.78 is 0.942. The molecule has 1 aliphatic rings. The van der Waals surface area contributed by atoms with Crippen LogP contribution in [0.3, 0.4) is 0 Å². The van der Waals surface area contributed by atoms with Crippen LogP contribution in [0.2, 0.25) is 0 Å². The number of pyridine rings is 1. The Hall–Kier alpha value is -1.30. The van der Waals surface area contributed by atoms with Crippen molar-refractivity contribution in [3.05, 3.63) is 22.8 Å². The minimum atomic E-state index is -0.839. The Bertz CT molecular complexity index is 484. The van der Waals surface area contributed by atoms with E-state index in [2.05, 4.69) is 46.6 Å². The first kappa shape index (κ1) is 15.1. The average molecular weight is 342 g/mol.